The highest BCUT2D eigenvalue weighted by molar-refractivity contribution is 6.11. The summed E-state index contributed by atoms with van der Waals surface area (Å²) in [7, 11) is 0. The second-order valence-electron chi connectivity index (χ2n) is 6.91. The zero-order valence-corrected chi connectivity index (χ0v) is 17.4. The fraction of sp³-hybridized carbons (Fsp3) is 0.125. The van der Waals surface area contributed by atoms with Gasteiger partial charge in [-0.15, -0.1) is 0 Å². The number of fused-ring (bicyclic) bond motifs is 1. The Hall–Kier alpha value is -4.53. The summed E-state index contributed by atoms with van der Waals surface area (Å²) >= 11 is 0. The van der Waals surface area contributed by atoms with Gasteiger partial charge in [-0.2, -0.15) is 0 Å². The molecule has 0 saturated carbocycles. The largest absolute Gasteiger partial charge is 0.490 e. The number of hydrogen-bond donors (Lipinski definition) is 0. The van der Waals surface area contributed by atoms with E-state index in [-0.39, 0.29) is 24.1 Å². The third-order valence-corrected chi connectivity index (χ3v) is 4.73. The number of carbonyl (C=O) groups excluding carboxylic acids is 2. The molecule has 166 valence electrons. The molecule has 2 aromatic carbocycles. The summed E-state index contributed by atoms with van der Waals surface area (Å²) in [6, 6.07) is 13.0. The van der Waals surface area contributed by atoms with Crippen molar-refractivity contribution in [2.75, 3.05) is 13.4 Å². The van der Waals surface area contributed by atoms with E-state index >= 15 is 0 Å². The first-order chi connectivity index (χ1) is 16.1. The van der Waals surface area contributed by atoms with E-state index < -0.39 is 11.9 Å². The summed E-state index contributed by atoms with van der Waals surface area (Å²) in [6.07, 6.45) is 3.01. The third kappa shape index (κ3) is 4.16. The van der Waals surface area contributed by atoms with E-state index in [2.05, 4.69) is 4.99 Å². The summed E-state index contributed by atoms with van der Waals surface area (Å²) in [4.78, 5) is 29.0. The molecule has 0 spiro atoms. The summed E-state index contributed by atoms with van der Waals surface area (Å²) in [6.45, 7) is 2.26. The molecular formula is C24H17NO8. The lowest BCUT2D eigenvalue weighted by molar-refractivity contribution is -0.130. The quantitative estimate of drug-likeness (QED) is 0.318. The van der Waals surface area contributed by atoms with Gasteiger partial charge >= 0.3 is 11.9 Å². The van der Waals surface area contributed by atoms with Crippen molar-refractivity contribution in [1.82, 2.24) is 0 Å². The van der Waals surface area contributed by atoms with Gasteiger partial charge in [-0.3, -0.25) is 0 Å². The van der Waals surface area contributed by atoms with Crippen molar-refractivity contribution in [2.45, 2.75) is 6.92 Å². The highest BCUT2D eigenvalue weighted by Crippen LogP contribution is 2.34. The fourth-order valence-corrected chi connectivity index (χ4v) is 3.22. The van der Waals surface area contributed by atoms with Crippen LogP contribution in [0.15, 0.2) is 69.9 Å². The molecule has 2 aliphatic heterocycles. The summed E-state index contributed by atoms with van der Waals surface area (Å²) < 4.78 is 32.1. The smallest absolute Gasteiger partial charge is 0.363 e. The number of furan rings is 1. The normalized spacial score (nSPS) is 15.4. The van der Waals surface area contributed by atoms with Crippen molar-refractivity contribution >= 4 is 23.9 Å². The number of ether oxygens (including phenoxy) is 5. The van der Waals surface area contributed by atoms with Gasteiger partial charge in [0.25, 0.3) is 5.90 Å². The molecule has 0 N–H and O–H groups in total. The average Bonchev–Trinajstić information content (AvgIpc) is 3.56. The Morgan fingerprint density at radius 2 is 1.97 bits per heavy atom. The zero-order chi connectivity index (χ0) is 22.8. The lowest BCUT2D eigenvalue weighted by Crippen LogP contribution is -2.09. The molecule has 3 aromatic rings. The van der Waals surface area contributed by atoms with Crippen LogP contribution < -0.4 is 18.9 Å². The number of benzene rings is 2. The molecule has 0 fully saturated rings. The summed E-state index contributed by atoms with van der Waals surface area (Å²) in [5.74, 6) is 0.891. The second kappa shape index (κ2) is 8.54. The molecule has 0 bridgehead atoms. The highest BCUT2D eigenvalue weighted by atomic mass is 16.7. The van der Waals surface area contributed by atoms with Crippen LogP contribution in [0.25, 0.3) is 6.08 Å². The van der Waals surface area contributed by atoms with Gasteiger partial charge in [0.05, 0.1) is 18.4 Å². The lowest BCUT2D eigenvalue weighted by Gasteiger charge is -2.11. The van der Waals surface area contributed by atoms with Crippen LogP contribution in [-0.4, -0.2) is 31.2 Å². The molecule has 2 aliphatic rings. The van der Waals surface area contributed by atoms with Gasteiger partial charge in [0.2, 0.25) is 6.79 Å². The van der Waals surface area contributed by atoms with Gasteiger partial charge in [0, 0.05) is 0 Å². The predicted octanol–water partition coefficient (Wildman–Crippen LogP) is 3.97. The van der Waals surface area contributed by atoms with E-state index in [0.29, 0.717) is 40.7 Å². The van der Waals surface area contributed by atoms with E-state index in [1.807, 2.05) is 6.92 Å². The first kappa shape index (κ1) is 20.4. The minimum Gasteiger partial charge on any atom is -0.490 e. The predicted molar refractivity (Wildman–Crippen MR) is 114 cm³/mol. The topological polar surface area (TPSA) is 106 Å². The molecule has 0 unspecified atom stereocenters. The van der Waals surface area contributed by atoms with Crippen molar-refractivity contribution in [3.05, 3.63) is 77.4 Å². The van der Waals surface area contributed by atoms with Crippen LogP contribution in [0.2, 0.25) is 0 Å². The summed E-state index contributed by atoms with van der Waals surface area (Å²) in [5.41, 5.74) is 1.02. The van der Waals surface area contributed by atoms with Crippen molar-refractivity contribution in [3.63, 3.8) is 0 Å². The van der Waals surface area contributed by atoms with E-state index in [1.165, 1.54) is 6.26 Å². The van der Waals surface area contributed by atoms with Crippen molar-refractivity contribution in [3.8, 4) is 23.0 Å². The van der Waals surface area contributed by atoms with Crippen molar-refractivity contribution in [1.29, 1.82) is 0 Å². The molecule has 9 heteroatoms. The molecular weight excluding hydrogens is 430 g/mol. The van der Waals surface area contributed by atoms with Gasteiger partial charge in [-0.25, -0.2) is 14.6 Å². The van der Waals surface area contributed by atoms with Crippen molar-refractivity contribution in [2.24, 2.45) is 4.99 Å². The number of hydrogen-bond acceptors (Lipinski definition) is 9. The van der Waals surface area contributed by atoms with Gasteiger partial charge in [0.15, 0.2) is 34.5 Å². The van der Waals surface area contributed by atoms with Crippen LogP contribution >= 0.6 is 0 Å². The number of nitrogens with zero attached hydrogens (tertiary/aromatic N) is 1. The van der Waals surface area contributed by atoms with Gasteiger partial charge in [-0.1, -0.05) is 6.07 Å². The first-order valence-electron chi connectivity index (χ1n) is 10.1. The minimum atomic E-state index is -0.599. The molecule has 9 nitrogen and oxygen atoms in total. The Bertz CT molecular complexity index is 1290. The van der Waals surface area contributed by atoms with Crippen LogP contribution in [0.1, 0.15) is 28.6 Å². The standard InChI is InChI=1S/C24H17NO8/c1-2-28-20-11-14(10-16-24(27)33-22(25-16)19-4-3-9-29-19)5-7-18(20)32-23(26)15-6-8-17-21(12-15)31-13-30-17/h3-12H,2,13H2,1H3/b16-10+. The monoisotopic (exact) mass is 447 g/mol. The van der Waals surface area contributed by atoms with E-state index in [1.54, 1.807) is 54.6 Å². The van der Waals surface area contributed by atoms with Crippen LogP contribution in [-0.2, 0) is 9.53 Å². The Morgan fingerprint density at radius 1 is 1.09 bits per heavy atom. The molecule has 0 saturated heterocycles. The number of rotatable bonds is 6. The molecule has 33 heavy (non-hydrogen) atoms. The molecule has 0 atom stereocenters. The molecule has 0 aliphatic carbocycles. The van der Waals surface area contributed by atoms with E-state index in [0.717, 1.165) is 0 Å². The molecule has 5 rings (SSSR count). The van der Waals surface area contributed by atoms with Gasteiger partial charge in [-0.05, 0) is 61.0 Å². The maximum atomic E-state index is 12.7. The average molecular weight is 447 g/mol. The van der Waals surface area contributed by atoms with Gasteiger partial charge < -0.3 is 28.1 Å². The Balaban J connectivity index is 1.38. The summed E-state index contributed by atoms with van der Waals surface area (Å²) in [5, 5.41) is 0. The SMILES string of the molecule is CCOc1cc(/C=C2/N=C(c3ccco3)OC2=O)ccc1OC(=O)c1ccc2c(c1)OCO2. The van der Waals surface area contributed by atoms with E-state index in [4.69, 9.17) is 28.1 Å². The molecule has 3 heterocycles. The van der Waals surface area contributed by atoms with Crippen LogP contribution in [0.4, 0.5) is 0 Å². The Labute approximate surface area is 187 Å². The molecule has 0 radical (unpaired) electrons. The highest BCUT2D eigenvalue weighted by Gasteiger charge is 2.26. The molecule has 1 aromatic heterocycles. The third-order valence-electron chi connectivity index (χ3n) is 4.73. The van der Waals surface area contributed by atoms with Crippen LogP contribution in [0.3, 0.4) is 0 Å². The number of aliphatic imine (C=N–C) groups is 1. The number of carbonyl (C=O) groups is 2. The number of cyclic esters (lactones) is 1. The fourth-order valence-electron chi connectivity index (χ4n) is 3.22. The van der Waals surface area contributed by atoms with Crippen LogP contribution in [0, 0.1) is 0 Å². The van der Waals surface area contributed by atoms with Crippen LogP contribution in [0.5, 0.6) is 23.0 Å². The lowest BCUT2D eigenvalue weighted by atomic mass is 10.1. The first-order valence-corrected chi connectivity index (χ1v) is 10.1. The Kier molecular flexibility index (Phi) is 5.27. The zero-order valence-electron chi connectivity index (χ0n) is 17.4. The minimum absolute atomic E-state index is 0.0931. The number of esters is 2. The Morgan fingerprint density at radius 3 is 2.79 bits per heavy atom. The maximum absolute atomic E-state index is 12.7. The second-order valence-corrected chi connectivity index (χ2v) is 6.91. The van der Waals surface area contributed by atoms with E-state index in [9.17, 15) is 9.59 Å². The van der Waals surface area contributed by atoms with Gasteiger partial charge in [0.1, 0.15) is 0 Å². The van der Waals surface area contributed by atoms with Crippen molar-refractivity contribution < 1.29 is 37.7 Å². The maximum Gasteiger partial charge on any atom is 0.363 e. The molecule has 0 amide bonds.